The maximum absolute atomic E-state index is 5.50. The van der Waals surface area contributed by atoms with E-state index in [4.69, 9.17) is 9.26 Å². The lowest BCUT2D eigenvalue weighted by atomic mass is 9.98. The van der Waals surface area contributed by atoms with Crippen LogP contribution < -0.4 is 5.32 Å². The molecule has 1 N–H and O–H groups in total. The molecule has 4 rings (SSSR count). The van der Waals surface area contributed by atoms with Gasteiger partial charge in [-0.25, -0.2) is 0 Å². The van der Waals surface area contributed by atoms with E-state index in [1.807, 2.05) is 24.3 Å². The van der Waals surface area contributed by atoms with Crippen molar-refractivity contribution >= 4 is 10.9 Å². The average Bonchev–Trinajstić information content (AvgIpc) is 3.22. The highest BCUT2D eigenvalue weighted by molar-refractivity contribution is 5.82. The monoisotopic (exact) mass is 313 g/mol. The van der Waals surface area contributed by atoms with Crippen LogP contribution in [0.1, 0.15) is 30.3 Å². The number of aromatic nitrogens is 4. The summed E-state index contributed by atoms with van der Waals surface area (Å²) in [4.78, 5) is 4.58. The Morgan fingerprint density at radius 1 is 1.30 bits per heavy atom. The highest BCUT2D eigenvalue weighted by Gasteiger charge is 2.23. The van der Waals surface area contributed by atoms with Gasteiger partial charge in [0.15, 0.2) is 0 Å². The fraction of sp³-hybridized carbons (Fsp3) is 0.438. The summed E-state index contributed by atoms with van der Waals surface area (Å²) >= 11 is 0. The maximum Gasteiger partial charge on any atom is 0.291 e. The van der Waals surface area contributed by atoms with E-state index in [-0.39, 0.29) is 0 Å². The molecule has 0 aliphatic carbocycles. The van der Waals surface area contributed by atoms with Crippen LogP contribution in [0.5, 0.6) is 0 Å². The summed E-state index contributed by atoms with van der Waals surface area (Å²) in [6, 6.07) is 8.00. The molecule has 1 fully saturated rings. The third kappa shape index (κ3) is 2.62. The zero-order chi connectivity index (χ0) is 15.6. The second-order valence-electron chi connectivity index (χ2n) is 5.77. The first-order valence-electron chi connectivity index (χ1n) is 7.87. The van der Waals surface area contributed by atoms with E-state index in [0.29, 0.717) is 24.4 Å². The molecular formula is C16H19N5O2. The lowest BCUT2D eigenvalue weighted by Crippen LogP contribution is -2.26. The Kier molecular flexibility index (Phi) is 3.80. The van der Waals surface area contributed by atoms with Gasteiger partial charge in [0.25, 0.3) is 5.95 Å². The molecule has 1 saturated heterocycles. The second-order valence-corrected chi connectivity index (χ2v) is 5.77. The molecule has 7 nitrogen and oxygen atoms in total. The molecule has 0 saturated carbocycles. The number of methoxy groups -OCH3 is 1. The number of ether oxygens (including phenoxy) is 1. The van der Waals surface area contributed by atoms with Crippen molar-refractivity contribution in [1.29, 1.82) is 0 Å². The Bertz CT molecular complexity index is 804. The number of nitrogens with zero attached hydrogens (tertiary/aromatic N) is 4. The van der Waals surface area contributed by atoms with E-state index < -0.39 is 0 Å². The average molecular weight is 313 g/mol. The van der Waals surface area contributed by atoms with Crippen LogP contribution >= 0.6 is 0 Å². The molecule has 1 aliphatic heterocycles. The predicted octanol–water partition coefficient (Wildman–Crippen LogP) is 2.02. The van der Waals surface area contributed by atoms with Gasteiger partial charge in [0.2, 0.25) is 5.89 Å². The van der Waals surface area contributed by atoms with Gasteiger partial charge in [0, 0.05) is 18.4 Å². The number of fused-ring (bicyclic) bond motifs is 1. The lowest BCUT2D eigenvalue weighted by molar-refractivity contribution is 0.182. The number of rotatable bonds is 4. The van der Waals surface area contributed by atoms with Gasteiger partial charge in [-0.1, -0.05) is 18.2 Å². The molecule has 1 aromatic carbocycles. The van der Waals surface area contributed by atoms with E-state index in [0.717, 1.165) is 42.5 Å². The molecule has 1 aliphatic rings. The van der Waals surface area contributed by atoms with Crippen molar-refractivity contribution < 1.29 is 9.26 Å². The highest BCUT2D eigenvalue weighted by atomic mass is 16.5. The van der Waals surface area contributed by atoms with E-state index in [1.54, 1.807) is 11.8 Å². The van der Waals surface area contributed by atoms with Crippen molar-refractivity contribution in [2.75, 3.05) is 20.2 Å². The first-order valence-corrected chi connectivity index (χ1v) is 7.87. The summed E-state index contributed by atoms with van der Waals surface area (Å²) in [7, 11) is 1.66. The quantitative estimate of drug-likeness (QED) is 0.794. The Labute approximate surface area is 133 Å². The van der Waals surface area contributed by atoms with Gasteiger partial charge in [-0.3, -0.25) is 0 Å². The van der Waals surface area contributed by atoms with Crippen LogP contribution in [0.3, 0.4) is 0 Å². The second kappa shape index (κ2) is 6.10. The highest BCUT2D eigenvalue weighted by Crippen LogP contribution is 2.26. The van der Waals surface area contributed by atoms with Gasteiger partial charge in [-0.15, -0.1) is 0 Å². The third-order valence-electron chi connectivity index (χ3n) is 4.25. The normalized spacial score (nSPS) is 16.2. The number of hydrogen-bond acceptors (Lipinski definition) is 6. The Balaban J connectivity index is 1.73. The topological polar surface area (TPSA) is 78.0 Å². The SMILES string of the molecule is COCc1nn(-c2noc(C3CCNCC3)n2)c2ccccc12. The lowest BCUT2D eigenvalue weighted by Gasteiger charge is -2.18. The Morgan fingerprint density at radius 2 is 2.13 bits per heavy atom. The van der Waals surface area contributed by atoms with Crippen LogP contribution in [0.25, 0.3) is 16.9 Å². The predicted molar refractivity (Wildman–Crippen MR) is 84.5 cm³/mol. The van der Waals surface area contributed by atoms with Crippen molar-refractivity contribution in [2.45, 2.75) is 25.4 Å². The Hall–Kier alpha value is -2.25. The standard InChI is InChI=1S/C16H19N5O2/c1-22-10-13-12-4-2-3-5-14(12)21(19-13)16-18-15(23-20-16)11-6-8-17-9-7-11/h2-5,11,17H,6-10H2,1H3. The maximum atomic E-state index is 5.50. The number of hydrogen-bond donors (Lipinski definition) is 1. The minimum absolute atomic E-state index is 0.331. The summed E-state index contributed by atoms with van der Waals surface area (Å²) in [6.07, 6.45) is 2.05. The van der Waals surface area contributed by atoms with Crippen molar-refractivity contribution in [3.05, 3.63) is 35.9 Å². The third-order valence-corrected chi connectivity index (χ3v) is 4.25. The fourth-order valence-electron chi connectivity index (χ4n) is 3.07. The van der Waals surface area contributed by atoms with Crippen molar-refractivity contribution in [2.24, 2.45) is 0 Å². The van der Waals surface area contributed by atoms with Gasteiger partial charge in [0.1, 0.15) is 0 Å². The number of benzene rings is 1. The number of piperidine rings is 1. The molecule has 2 aromatic heterocycles. The van der Waals surface area contributed by atoms with Crippen molar-refractivity contribution in [1.82, 2.24) is 25.2 Å². The molecule has 0 atom stereocenters. The Morgan fingerprint density at radius 3 is 2.96 bits per heavy atom. The van der Waals surface area contributed by atoms with Crippen LogP contribution in [0.4, 0.5) is 0 Å². The van der Waals surface area contributed by atoms with E-state index >= 15 is 0 Å². The van der Waals surface area contributed by atoms with Gasteiger partial charge in [-0.05, 0) is 37.2 Å². The smallest absolute Gasteiger partial charge is 0.291 e. The summed E-state index contributed by atoms with van der Waals surface area (Å²) in [5.74, 6) is 1.52. The van der Waals surface area contributed by atoms with Gasteiger partial charge < -0.3 is 14.6 Å². The van der Waals surface area contributed by atoms with E-state index in [1.165, 1.54) is 0 Å². The molecule has 0 amide bonds. The molecule has 7 heteroatoms. The van der Waals surface area contributed by atoms with Gasteiger partial charge >= 0.3 is 0 Å². The molecule has 23 heavy (non-hydrogen) atoms. The molecule has 0 bridgehead atoms. The van der Waals surface area contributed by atoms with Crippen LogP contribution in [-0.4, -0.2) is 40.1 Å². The first kappa shape index (κ1) is 14.3. The number of para-hydroxylation sites is 1. The fourth-order valence-corrected chi connectivity index (χ4v) is 3.07. The van der Waals surface area contributed by atoms with Crippen LogP contribution in [-0.2, 0) is 11.3 Å². The van der Waals surface area contributed by atoms with E-state index in [9.17, 15) is 0 Å². The van der Waals surface area contributed by atoms with E-state index in [2.05, 4.69) is 20.6 Å². The minimum Gasteiger partial charge on any atom is -0.378 e. The molecule has 3 aromatic rings. The van der Waals surface area contributed by atoms with Crippen LogP contribution in [0.2, 0.25) is 0 Å². The summed E-state index contributed by atoms with van der Waals surface area (Å²) in [6.45, 7) is 2.43. The molecule has 0 spiro atoms. The van der Waals surface area contributed by atoms with Gasteiger partial charge in [0.05, 0.1) is 17.8 Å². The van der Waals surface area contributed by atoms with Crippen molar-refractivity contribution in [3.8, 4) is 5.95 Å². The van der Waals surface area contributed by atoms with Crippen LogP contribution in [0, 0.1) is 0 Å². The minimum atomic E-state index is 0.331. The van der Waals surface area contributed by atoms with Crippen LogP contribution in [0.15, 0.2) is 28.8 Å². The van der Waals surface area contributed by atoms with Gasteiger partial charge in [-0.2, -0.15) is 14.8 Å². The summed E-state index contributed by atoms with van der Waals surface area (Å²) in [5, 5.41) is 13.1. The first-order chi connectivity index (χ1) is 11.4. The number of nitrogens with one attached hydrogen (secondary N) is 1. The zero-order valence-electron chi connectivity index (χ0n) is 13.0. The molecular weight excluding hydrogens is 294 g/mol. The van der Waals surface area contributed by atoms with Crippen molar-refractivity contribution in [3.63, 3.8) is 0 Å². The largest absolute Gasteiger partial charge is 0.378 e. The summed E-state index contributed by atoms with van der Waals surface area (Å²) < 4.78 is 12.5. The molecule has 0 unspecified atom stereocenters. The molecule has 3 heterocycles. The zero-order valence-corrected chi connectivity index (χ0v) is 13.0. The molecule has 120 valence electrons. The molecule has 0 radical (unpaired) electrons. The summed E-state index contributed by atoms with van der Waals surface area (Å²) in [5.41, 5.74) is 1.83.